The van der Waals surface area contributed by atoms with Gasteiger partial charge in [0.1, 0.15) is 6.23 Å². The molecule has 2 N–H and O–H groups in total. The topological polar surface area (TPSA) is 42.5 Å². The molecular weight excluding hydrogens is 204 g/mol. The molecule has 2 rings (SSSR count). The highest BCUT2D eigenvalue weighted by molar-refractivity contribution is 4.87. The molecule has 16 heavy (non-hydrogen) atoms. The lowest BCUT2D eigenvalue weighted by molar-refractivity contribution is -0.0967. The number of rotatable bonds is 3. The zero-order valence-electron chi connectivity index (χ0n) is 10.6. The van der Waals surface area contributed by atoms with Crippen LogP contribution in [-0.2, 0) is 9.47 Å². The van der Waals surface area contributed by atoms with Gasteiger partial charge >= 0.3 is 0 Å². The monoisotopic (exact) mass is 228 g/mol. The van der Waals surface area contributed by atoms with Crippen molar-refractivity contribution in [1.29, 1.82) is 0 Å². The summed E-state index contributed by atoms with van der Waals surface area (Å²) in [5, 5.41) is 7.00. The first-order valence-corrected chi connectivity index (χ1v) is 6.22. The van der Waals surface area contributed by atoms with Gasteiger partial charge < -0.3 is 14.8 Å². The Morgan fingerprint density at radius 2 is 1.94 bits per heavy atom. The first-order valence-electron chi connectivity index (χ1n) is 6.22. The fourth-order valence-electron chi connectivity index (χ4n) is 2.01. The molecule has 0 radical (unpaired) electrons. The first-order chi connectivity index (χ1) is 7.55. The van der Waals surface area contributed by atoms with Crippen molar-refractivity contribution in [3.63, 3.8) is 0 Å². The molecule has 0 saturated carbocycles. The van der Waals surface area contributed by atoms with Crippen LogP contribution in [0.15, 0.2) is 0 Å². The largest absolute Gasteiger partial charge is 0.381 e. The van der Waals surface area contributed by atoms with E-state index in [1.165, 1.54) is 0 Å². The first kappa shape index (κ1) is 12.3. The second-order valence-corrected chi connectivity index (χ2v) is 5.96. The van der Waals surface area contributed by atoms with Crippen LogP contribution in [0, 0.1) is 11.3 Å². The van der Waals surface area contributed by atoms with Crippen molar-refractivity contribution < 1.29 is 9.47 Å². The normalized spacial score (nSPS) is 32.4. The van der Waals surface area contributed by atoms with E-state index in [9.17, 15) is 0 Å². The van der Waals surface area contributed by atoms with Gasteiger partial charge in [0, 0.05) is 25.0 Å². The summed E-state index contributed by atoms with van der Waals surface area (Å²) in [7, 11) is 0. The van der Waals surface area contributed by atoms with Crippen molar-refractivity contribution in [2.45, 2.75) is 33.0 Å². The van der Waals surface area contributed by atoms with Gasteiger partial charge in [-0.25, -0.2) is 0 Å². The fraction of sp³-hybridized carbons (Fsp3) is 1.00. The Hall–Kier alpha value is -0.160. The van der Waals surface area contributed by atoms with E-state index in [4.69, 9.17) is 9.47 Å². The summed E-state index contributed by atoms with van der Waals surface area (Å²) < 4.78 is 10.9. The third-order valence-corrected chi connectivity index (χ3v) is 3.38. The van der Waals surface area contributed by atoms with Crippen molar-refractivity contribution in [3.8, 4) is 0 Å². The molecule has 0 aromatic carbocycles. The van der Waals surface area contributed by atoms with Crippen LogP contribution in [0.1, 0.15) is 20.8 Å². The lowest BCUT2D eigenvalue weighted by atomic mass is 9.86. The molecule has 2 atom stereocenters. The van der Waals surface area contributed by atoms with Gasteiger partial charge in [0.2, 0.25) is 0 Å². The zero-order chi connectivity index (χ0) is 11.6. The van der Waals surface area contributed by atoms with Gasteiger partial charge in [-0.05, 0) is 5.41 Å². The Morgan fingerprint density at radius 1 is 1.19 bits per heavy atom. The molecule has 0 spiro atoms. The van der Waals surface area contributed by atoms with E-state index in [-0.39, 0.29) is 6.23 Å². The minimum absolute atomic E-state index is 0.166. The number of piperazine rings is 1. The molecule has 2 fully saturated rings. The van der Waals surface area contributed by atoms with E-state index in [0.717, 1.165) is 32.9 Å². The standard InChI is InChI=1S/C12H24N2O2/c1-12(2,3)10-4-14-11(5-13-10)16-8-9-6-15-7-9/h9-11,13-14H,4-8H2,1-3H3. The number of hydrogen-bond donors (Lipinski definition) is 2. The van der Waals surface area contributed by atoms with E-state index in [1.54, 1.807) is 0 Å². The van der Waals surface area contributed by atoms with Crippen LogP contribution in [-0.4, -0.2) is 45.2 Å². The zero-order valence-corrected chi connectivity index (χ0v) is 10.6. The lowest BCUT2D eigenvalue weighted by Gasteiger charge is -2.39. The highest BCUT2D eigenvalue weighted by Gasteiger charge is 2.29. The molecule has 0 bridgehead atoms. The Bertz CT molecular complexity index is 216. The van der Waals surface area contributed by atoms with Crippen molar-refractivity contribution in [3.05, 3.63) is 0 Å². The molecule has 2 saturated heterocycles. The maximum atomic E-state index is 5.79. The van der Waals surface area contributed by atoms with Gasteiger partial charge in [-0.3, -0.25) is 5.32 Å². The molecule has 2 heterocycles. The van der Waals surface area contributed by atoms with E-state index >= 15 is 0 Å². The van der Waals surface area contributed by atoms with Crippen LogP contribution in [0.2, 0.25) is 0 Å². The number of ether oxygens (including phenoxy) is 2. The van der Waals surface area contributed by atoms with Crippen molar-refractivity contribution in [2.75, 3.05) is 32.9 Å². The molecule has 4 heteroatoms. The molecule has 2 unspecified atom stereocenters. The minimum atomic E-state index is 0.166. The number of hydrogen-bond acceptors (Lipinski definition) is 4. The molecule has 2 aliphatic heterocycles. The van der Waals surface area contributed by atoms with Crippen molar-refractivity contribution >= 4 is 0 Å². The second-order valence-electron chi connectivity index (χ2n) is 5.96. The molecule has 94 valence electrons. The maximum absolute atomic E-state index is 5.79. The summed E-state index contributed by atoms with van der Waals surface area (Å²) in [5.74, 6) is 0.613. The predicted molar refractivity (Wildman–Crippen MR) is 63.3 cm³/mol. The second kappa shape index (κ2) is 5.00. The van der Waals surface area contributed by atoms with E-state index in [2.05, 4.69) is 31.4 Å². The highest BCUT2D eigenvalue weighted by Crippen LogP contribution is 2.20. The summed E-state index contributed by atoms with van der Waals surface area (Å²) in [4.78, 5) is 0. The molecular formula is C12H24N2O2. The molecule has 0 aromatic rings. The Kier molecular flexibility index (Phi) is 3.85. The van der Waals surface area contributed by atoms with Crippen LogP contribution in [0.4, 0.5) is 0 Å². The third kappa shape index (κ3) is 3.17. The minimum Gasteiger partial charge on any atom is -0.381 e. The van der Waals surface area contributed by atoms with Gasteiger partial charge in [-0.1, -0.05) is 20.8 Å². The summed E-state index contributed by atoms with van der Waals surface area (Å²) >= 11 is 0. The summed E-state index contributed by atoms with van der Waals surface area (Å²) in [6.45, 7) is 11.2. The summed E-state index contributed by atoms with van der Waals surface area (Å²) in [6, 6.07) is 0.527. The summed E-state index contributed by atoms with van der Waals surface area (Å²) in [5.41, 5.74) is 0.305. The van der Waals surface area contributed by atoms with E-state index in [0.29, 0.717) is 17.4 Å². The van der Waals surface area contributed by atoms with Crippen LogP contribution >= 0.6 is 0 Å². The van der Waals surface area contributed by atoms with Crippen LogP contribution in [0.3, 0.4) is 0 Å². The average Bonchev–Trinajstić information content (AvgIpc) is 2.15. The predicted octanol–water partition coefficient (Wildman–Crippen LogP) is 0.583. The molecule has 2 aliphatic rings. The van der Waals surface area contributed by atoms with E-state index in [1.807, 2.05) is 0 Å². The Balaban J connectivity index is 1.64. The van der Waals surface area contributed by atoms with Crippen molar-refractivity contribution in [2.24, 2.45) is 11.3 Å². The summed E-state index contributed by atoms with van der Waals surface area (Å²) in [6.07, 6.45) is 0.166. The van der Waals surface area contributed by atoms with Gasteiger partial charge in [0.05, 0.1) is 19.8 Å². The van der Waals surface area contributed by atoms with E-state index < -0.39 is 0 Å². The maximum Gasteiger partial charge on any atom is 0.120 e. The average molecular weight is 228 g/mol. The number of nitrogens with one attached hydrogen (secondary N) is 2. The Labute approximate surface area is 98.1 Å². The van der Waals surface area contributed by atoms with Crippen molar-refractivity contribution in [1.82, 2.24) is 10.6 Å². The van der Waals surface area contributed by atoms with Crippen LogP contribution in [0.25, 0.3) is 0 Å². The highest BCUT2D eigenvalue weighted by atomic mass is 16.5. The molecule has 0 aliphatic carbocycles. The fourth-order valence-corrected chi connectivity index (χ4v) is 2.01. The van der Waals surface area contributed by atoms with Gasteiger partial charge in [0.15, 0.2) is 0 Å². The molecule has 0 amide bonds. The quantitative estimate of drug-likeness (QED) is 0.741. The lowest BCUT2D eigenvalue weighted by Crippen LogP contribution is -2.59. The smallest absolute Gasteiger partial charge is 0.120 e. The third-order valence-electron chi connectivity index (χ3n) is 3.38. The van der Waals surface area contributed by atoms with Crippen LogP contribution in [0.5, 0.6) is 0 Å². The van der Waals surface area contributed by atoms with Gasteiger partial charge in [-0.2, -0.15) is 0 Å². The molecule has 4 nitrogen and oxygen atoms in total. The molecule has 0 aromatic heterocycles. The Morgan fingerprint density at radius 3 is 2.38 bits per heavy atom. The van der Waals surface area contributed by atoms with Gasteiger partial charge in [0.25, 0.3) is 0 Å². The van der Waals surface area contributed by atoms with Gasteiger partial charge in [-0.15, -0.1) is 0 Å². The van der Waals surface area contributed by atoms with Crippen LogP contribution < -0.4 is 10.6 Å². The SMILES string of the molecule is CC(C)(C)C1CNC(OCC2COC2)CN1.